The third-order valence-electron chi connectivity index (χ3n) is 2.31. The number of unbranched alkanes of at least 4 members (excludes halogenated alkanes) is 1. The Morgan fingerprint density at radius 1 is 1.59 bits per heavy atom. The van der Waals surface area contributed by atoms with Gasteiger partial charge in [0.15, 0.2) is 5.76 Å². The van der Waals surface area contributed by atoms with Crippen molar-refractivity contribution in [2.75, 3.05) is 13.6 Å². The summed E-state index contributed by atoms with van der Waals surface area (Å²) in [7, 11) is 1.65. The number of carbonyl (C=O) groups is 2. The fraction of sp³-hybridized carbons (Fsp3) is 0.333. The highest BCUT2D eigenvalue weighted by Gasteiger charge is 2.17. The van der Waals surface area contributed by atoms with E-state index in [0.29, 0.717) is 6.54 Å². The van der Waals surface area contributed by atoms with Gasteiger partial charge in [0, 0.05) is 19.7 Å². The number of carboxylic acid groups (broad SMARTS) is 1. The Kier molecular flexibility index (Phi) is 4.51. The minimum Gasteiger partial charge on any atom is -0.478 e. The van der Waals surface area contributed by atoms with Gasteiger partial charge in [0.25, 0.3) is 5.91 Å². The molecule has 17 heavy (non-hydrogen) atoms. The average Bonchev–Trinajstić information content (AvgIpc) is 2.77. The number of rotatable bonds is 6. The Balaban J connectivity index is 2.61. The van der Waals surface area contributed by atoms with Crippen molar-refractivity contribution in [3.63, 3.8) is 0 Å². The maximum atomic E-state index is 11.8. The Morgan fingerprint density at radius 3 is 2.82 bits per heavy atom. The molecule has 0 radical (unpaired) electrons. The number of hydrogen-bond acceptors (Lipinski definition) is 3. The molecule has 0 bridgehead atoms. The first-order chi connectivity index (χ1) is 8.06. The van der Waals surface area contributed by atoms with E-state index in [-0.39, 0.29) is 17.2 Å². The van der Waals surface area contributed by atoms with E-state index in [1.54, 1.807) is 13.1 Å². The average molecular weight is 237 g/mol. The number of nitrogens with zero attached hydrogens (tertiary/aromatic N) is 1. The molecule has 1 N–H and O–H groups in total. The molecule has 0 aliphatic heterocycles. The highest BCUT2D eigenvalue weighted by molar-refractivity contribution is 5.95. The molecule has 1 aromatic heterocycles. The standard InChI is InChI=1S/C12H15NO4/c1-3-4-5-6-13(2)11(14)10-7-9(8-17-10)12(15)16/h3,7-8H,1,4-6H2,2H3,(H,15,16). The normalized spacial score (nSPS) is 9.94. The topological polar surface area (TPSA) is 70.8 Å². The van der Waals surface area contributed by atoms with Gasteiger partial charge < -0.3 is 14.4 Å². The van der Waals surface area contributed by atoms with Crippen LogP contribution in [-0.2, 0) is 0 Å². The summed E-state index contributed by atoms with van der Waals surface area (Å²) in [5.74, 6) is -1.38. The molecule has 0 aliphatic rings. The molecule has 0 fully saturated rings. The third-order valence-corrected chi connectivity index (χ3v) is 2.31. The first-order valence-corrected chi connectivity index (χ1v) is 5.24. The highest BCUT2D eigenvalue weighted by atomic mass is 16.4. The van der Waals surface area contributed by atoms with Crippen molar-refractivity contribution in [3.05, 3.63) is 36.3 Å². The number of amides is 1. The van der Waals surface area contributed by atoms with Crippen LogP contribution in [0.5, 0.6) is 0 Å². The summed E-state index contributed by atoms with van der Waals surface area (Å²) in [5.41, 5.74) is -0.0205. The molecular formula is C12H15NO4. The molecule has 0 unspecified atom stereocenters. The van der Waals surface area contributed by atoms with Crippen LogP contribution in [0.3, 0.4) is 0 Å². The fourth-order valence-electron chi connectivity index (χ4n) is 1.32. The van der Waals surface area contributed by atoms with Crippen molar-refractivity contribution in [1.29, 1.82) is 0 Å². The van der Waals surface area contributed by atoms with Crippen molar-refractivity contribution in [3.8, 4) is 0 Å². The molecule has 1 aromatic rings. The van der Waals surface area contributed by atoms with Crippen LogP contribution >= 0.6 is 0 Å². The smallest absolute Gasteiger partial charge is 0.338 e. The van der Waals surface area contributed by atoms with Crippen LogP contribution in [0.15, 0.2) is 29.4 Å². The Bertz CT molecular complexity index is 422. The van der Waals surface area contributed by atoms with Crippen LogP contribution in [0.25, 0.3) is 0 Å². The van der Waals surface area contributed by atoms with Gasteiger partial charge in [-0.2, -0.15) is 0 Å². The van der Waals surface area contributed by atoms with Crippen LogP contribution in [0.4, 0.5) is 0 Å². The number of furan rings is 1. The number of allylic oxidation sites excluding steroid dienone is 1. The minimum atomic E-state index is -1.11. The van der Waals surface area contributed by atoms with E-state index in [2.05, 4.69) is 6.58 Å². The fourth-order valence-corrected chi connectivity index (χ4v) is 1.32. The third kappa shape index (κ3) is 3.48. The summed E-state index contributed by atoms with van der Waals surface area (Å²) in [6, 6.07) is 1.23. The van der Waals surface area contributed by atoms with E-state index >= 15 is 0 Å². The molecular weight excluding hydrogens is 222 g/mol. The number of carboxylic acids is 1. The molecule has 0 aromatic carbocycles. The maximum Gasteiger partial charge on any atom is 0.338 e. The van der Waals surface area contributed by atoms with E-state index in [1.165, 1.54) is 11.0 Å². The van der Waals surface area contributed by atoms with Crippen molar-refractivity contribution < 1.29 is 19.1 Å². The second kappa shape index (κ2) is 5.89. The highest BCUT2D eigenvalue weighted by Crippen LogP contribution is 2.10. The SMILES string of the molecule is C=CCCCN(C)C(=O)c1cc(C(=O)O)co1. The van der Waals surface area contributed by atoms with Gasteiger partial charge in [-0.25, -0.2) is 4.79 Å². The predicted molar refractivity (Wildman–Crippen MR) is 62.1 cm³/mol. The van der Waals surface area contributed by atoms with Crippen LogP contribution < -0.4 is 0 Å². The van der Waals surface area contributed by atoms with E-state index < -0.39 is 5.97 Å². The summed E-state index contributed by atoms with van der Waals surface area (Å²) in [5, 5.41) is 8.70. The summed E-state index contributed by atoms with van der Waals surface area (Å²) < 4.78 is 4.92. The monoisotopic (exact) mass is 237 g/mol. The summed E-state index contributed by atoms with van der Waals surface area (Å²) >= 11 is 0. The molecule has 92 valence electrons. The van der Waals surface area contributed by atoms with E-state index in [4.69, 9.17) is 9.52 Å². The van der Waals surface area contributed by atoms with Gasteiger partial charge in [0.1, 0.15) is 6.26 Å². The van der Waals surface area contributed by atoms with Crippen LogP contribution in [-0.4, -0.2) is 35.5 Å². The van der Waals surface area contributed by atoms with Crippen LogP contribution in [0.1, 0.15) is 33.8 Å². The zero-order valence-corrected chi connectivity index (χ0v) is 9.68. The molecule has 5 heteroatoms. The van der Waals surface area contributed by atoms with Gasteiger partial charge in [0.05, 0.1) is 5.56 Å². The molecule has 1 amide bonds. The van der Waals surface area contributed by atoms with Gasteiger partial charge >= 0.3 is 5.97 Å². The van der Waals surface area contributed by atoms with Crippen molar-refractivity contribution in [1.82, 2.24) is 4.90 Å². The van der Waals surface area contributed by atoms with Crippen LogP contribution in [0.2, 0.25) is 0 Å². The van der Waals surface area contributed by atoms with Gasteiger partial charge in [-0.05, 0) is 12.8 Å². The van der Waals surface area contributed by atoms with Gasteiger partial charge in [-0.3, -0.25) is 4.79 Å². The van der Waals surface area contributed by atoms with E-state index in [9.17, 15) is 9.59 Å². The molecule has 0 saturated carbocycles. The first-order valence-electron chi connectivity index (χ1n) is 5.24. The van der Waals surface area contributed by atoms with Gasteiger partial charge in [-0.15, -0.1) is 6.58 Å². The number of carbonyl (C=O) groups excluding carboxylic acids is 1. The van der Waals surface area contributed by atoms with Crippen molar-refractivity contribution in [2.24, 2.45) is 0 Å². The second-order valence-electron chi connectivity index (χ2n) is 3.66. The van der Waals surface area contributed by atoms with Crippen molar-refractivity contribution in [2.45, 2.75) is 12.8 Å². The first kappa shape index (κ1) is 13.0. The van der Waals surface area contributed by atoms with Crippen LogP contribution in [0, 0.1) is 0 Å². The second-order valence-corrected chi connectivity index (χ2v) is 3.66. The lowest BCUT2D eigenvalue weighted by atomic mass is 10.2. The molecule has 1 heterocycles. The summed E-state index contributed by atoms with van der Waals surface area (Å²) in [4.78, 5) is 23.9. The zero-order chi connectivity index (χ0) is 12.8. The Morgan fingerprint density at radius 2 is 2.29 bits per heavy atom. The van der Waals surface area contributed by atoms with E-state index in [0.717, 1.165) is 19.1 Å². The van der Waals surface area contributed by atoms with E-state index in [1.807, 2.05) is 0 Å². The molecule has 1 rings (SSSR count). The maximum absolute atomic E-state index is 11.8. The zero-order valence-electron chi connectivity index (χ0n) is 9.68. The molecule has 0 spiro atoms. The lowest BCUT2D eigenvalue weighted by molar-refractivity contribution is 0.0695. The lowest BCUT2D eigenvalue weighted by Crippen LogP contribution is -2.27. The minimum absolute atomic E-state index is 0.0205. The Labute approximate surface area is 99.3 Å². The molecule has 5 nitrogen and oxygen atoms in total. The number of hydrogen-bond donors (Lipinski definition) is 1. The molecule has 0 saturated heterocycles. The molecule has 0 aliphatic carbocycles. The summed E-state index contributed by atoms with van der Waals surface area (Å²) in [6.45, 7) is 4.17. The van der Waals surface area contributed by atoms with Gasteiger partial charge in [-0.1, -0.05) is 6.08 Å². The summed E-state index contributed by atoms with van der Waals surface area (Å²) in [6.07, 6.45) is 4.50. The lowest BCUT2D eigenvalue weighted by Gasteiger charge is -2.14. The Hall–Kier alpha value is -2.04. The van der Waals surface area contributed by atoms with Gasteiger partial charge in [0.2, 0.25) is 0 Å². The predicted octanol–water partition coefficient (Wildman–Crippen LogP) is 2.02. The molecule has 0 atom stereocenters. The largest absolute Gasteiger partial charge is 0.478 e. The number of aromatic carboxylic acids is 1. The van der Waals surface area contributed by atoms with Crippen molar-refractivity contribution >= 4 is 11.9 Å². The quantitative estimate of drug-likeness (QED) is 0.607.